The maximum absolute atomic E-state index is 12.4. The lowest BCUT2D eigenvalue weighted by Crippen LogP contribution is -2.21. The molecule has 1 unspecified atom stereocenters. The lowest BCUT2D eigenvalue weighted by Gasteiger charge is -2.34. The van der Waals surface area contributed by atoms with E-state index in [-0.39, 0.29) is 17.1 Å². The number of hydrogen-bond donors (Lipinski definition) is 0. The Bertz CT molecular complexity index is 1030. The van der Waals surface area contributed by atoms with Crippen LogP contribution in [0.1, 0.15) is 163 Å². The summed E-state index contributed by atoms with van der Waals surface area (Å²) in [7, 11) is 0. The van der Waals surface area contributed by atoms with Gasteiger partial charge in [0.05, 0.1) is 0 Å². The van der Waals surface area contributed by atoms with Gasteiger partial charge in [0.25, 0.3) is 0 Å². The third kappa shape index (κ3) is 9.23. The van der Waals surface area contributed by atoms with Gasteiger partial charge in [0.1, 0.15) is 5.52 Å². The maximum Gasteiger partial charge on any atom is 0.200 e. The summed E-state index contributed by atoms with van der Waals surface area (Å²) in [6, 6.07) is 4.08. The molecule has 2 heterocycles. The van der Waals surface area contributed by atoms with Gasteiger partial charge in [-0.2, -0.15) is 0 Å². The van der Waals surface area contributed by atoms with Crippen molar-refractivity contribution in [3.8, 4) is 0 Å². The summed E-state index contributed by atoms with van der Waals surface area (Å²) in [5, 5.41) is 0. The van der Waals surface area contributed by atoms with Crippen LogP contribution in [0.25, 0.3) is 11.1 Å². The molecular formula is C35H59NO2. The molecule has 1 saturated carbocycles. The summed E-state index contributed by atoms with van der Waals surface area (Å²) >= 11 is 0. The largest absolute Gasteiger partial charge is 0.451 e. The lowest BCUT2D eigenvalue weighted by atomic mass is 9.72. The highest BCUT2D eigenvalue weighted by atomic mass is 16.3. The van der Waals surface area contributed by atoms with Crippen LogP contribution in [-0.4, -0.2) is 10.8 Å². The van der Waals surface area contributed by atoms with Gasteiger partial charge in [-0.15, -0.1) is 0 Å². The van der Waals surface area contributed by atoms with Crippen LogP contribution in [-0.2, 0) is 5.41 Å². The second kappa shape index (κ2) is 12.7. The van der Waals surface area contributed by atoms with Crippen LogP contribution in [0.4, 0.5) is 0 Å². The monoisotopic (exact) mass is 525 g/mol. The molecule has 1 aliphatic carbocycles. The molecule has 0 N–H and O–H groups in total. The van der Waals surface area contributed by atoms with Crippen molar-refractivity contribution in [1.82, 2.24) is 4.98 Å². The van der Waals surface area contributed by atoms with E-state index >= 15 is 0 Å². The second-order valence-electron chi connectivity index (χ2n) is 15.7. The van der Waals surface area contributed by atoms with Gasteiger partial charge in [0.15, 0.2) is 11.3 Å². The third-order valence-corrected chi connectivity index (χ3v) is 8.31. The van der Waals surface area contributed by atoms with Gasteiger partial charge in [0, 0.05) is 29.2 Å². The van der Waals surface area contributed by atoms with Crippen molar-refractivity contribution in [2.75, 3.05) is 0 Å². The fraction of sp³-hybridized carbons (Fsp3) is 0.771. The molecule has 0 amide bonds. The third-order valence-electron chi connectivity index (χ3n) is 8.31. The predicted octanol–water partition coefficient (Wildman–Crippen LogP) is 11.1. The van der Waals surface area contributed by atoms with Crippen LogP contribution in [0.2, 0.25) is 0 Å². The summed E-state index contributed by atoms with van der Waals surface area (Å²) in [5.74, 6) is 2.69. The molecule has 0 saturated heterocycles. The van der Waals surface area contributed by atoms with Gasteiger partial charge in [-0.25, -0.2) is 4.98 Å². The van der Waals surface area contributed by atoms with Gasteiger partial charge >= 0.3 is 0 Å². The SMILES string of the molecule is CC(C)C(=O)c1cc2nc(C3CCC(C)(C)CC3)cc(C(C)(C)C)c2o1.CCCC(CC(C)(C)C)C(C)C. The molecule has 2 aromatic heterocycles. The summed E-state index contributed by atoms with van der Waals surface area (Å²) < 4.78 is 6.01. The Labute approximate surface area is 235 Å². The number of aromatic nitrogens is 1. The highest BCUT2D eigenvalue weighted by molar-refractivity contribution is 5.98. The Balaban J connectivity index is 0.000000358. The average molecular weight is 526 g/mol. The number of hydrogen-bond acceptors (Lipinski definition) is 3. The molecular weight excluding hydrogens is 466 g/mol. The van der Waals surface area contributed by atoms with Crippen LogP contribution in [0.15, 0.2) is 16.5 Å². The Kier molecular flexibility index (Phi) is 10.9. The quantitative estimate of drug-likeness (QED) is 0.338. The van der Waals surface area contributed by atoms with Gasteiger partial charge in [0.2, 0.25) is 5.78 Å². The number of ketones is 1. The highest BCUT2D eigenvalue weighted by Gasteiger charge is 2.31. The molecule has 1 fully saturated rings. The Morgan fingerprint density at radius 3 is 2.05 bits per heavy atom. The van der Waals surface area contributed by atoms with Crippen LogP contribution in [0.3, 0.4) is 0 Å². The van der Waals surface area contributed by atoms with Crippen molar-refractivity contribution in [3.63, 3.8) is 0 Å². The van der Waals surface area contributed by atoms with Crippen LogP contribution >= 0.6 is 0 Å². The van der Waals surface area contributed by atoms with E-state index in [4.69, 9.17) is 9.40 Å². The Morgan fingerprint density at radius 1 is 1.03 bits per heavy atom. The molecule has 3 rings (SSSR count). The van der Waals surface area contributed by atoms with Gasteiger partial charge < -0.3 is 4.42 Å². The number of fused-ring (bicyclic) bond motifs is 1. The normalized spacial score (nSPS) is 17.6. The molecule has 1 aliphatic rings. The van der Waals surface area contributed by atoms with Crippen LogP contribution < -0.4 is 0 Å². The number of carbonyl (C=O) groups is 1. The minimum absolute atomic E-state index is 0.0452. The van der Waals surface area contributed by atoms with E-state index in [0.717, 1.165) is 28.5 Å². The smallest absolute Gasteiger partial charge is 0.200 e. The molecule has 3 heteroatoms. The van der Waals surface area contributed by atoms with E-state index in [1.807, 2.05) is 19.9 Å². The standard InChI is InChI=1S/C23H33NO2.C12H26/c1-14(2)20(25)19-13-18-21(26-19)16(22(3,4)5)12-17(24-18)15-8-10-23(6,7)11-9-15;1-7-8-11(10(2)3)9-12(4,5)6/h12-15H,8-11H2,1-7H3;10-11H,7-9H2,1-6H3. The molecule has 0 radical (unpaired) electrons. The molecule has 0 spiro atoms. The van der Waals surface area contributed by atoms with E-state index in [1.165, 1.54) is 50.6 Å². The first-order valence-corrected chi connectivity index (χ1v) is 15.3. The summed E-state index contributed by atoms with van der Waals surface area (Å²) in [4.78, 5) is 17.3. The zero-order valence-corrected chi connectivity index (χ0v) is 27.2. The summed E-state index contributed by atoms with van der Waals surface area (Å²) in [5.41, 5.74) is 4.83. The molecule has 3 nitrogen and oxygen atoms in total. The Hall–Kier alpha value is -1.64. The summed E-state index contributed by atoms with van der Waals surface area (Å²) in [6.07, 6.45) is 8.96. The number of pyridine rings is 1. The predicted molar refractivity (Wildman–Crippen MR) is 164 cm³/mol. The van der Waals surface area contributed by atoms with E-state index in [0.29, 0.717) is 22.5 Å². The minimum atomic E-state index is -0.0753. The molecule has 1 atom stereocenters. The van der Waals surface area contributed by atoms with Crippen LogP contribution in [0.5, 0.6) is 0 Å². The fourth-order valence-corrected chi connectivity index (χ4v) is 5.74. The molecule has 0 aliphatic heterocycles. The van der Waals surface area contributed by atoms with Gasteiger partial charge in [-0.05, 0) is 66.3 Å². The van der Waals surface area contributed by atoms with Crippen molar-refractivity contribution >= 4 is 16.9 Å². The van der Waals surface area contributed by atoms with Gasteiger partial charge in [-0.3, -0.25) is 4.79 Å². The van der Waals surface area contributed by atoms with E-state index < -0.39 is 0 Å². The zero-order valence-electron chi connectivity index (χ0n) is 27.2. The second-order valence-corrected chi connectivity index (χ2v) is 15.7. The molecule has 2 aromatic rings. The number of nitrogens with zero attached hydrogens (tertiary/aromatic N) is 1. The van der Waals surface area contributed by atoms with E-state index in [1.54, 1.807) is 0 Å². The van der Waals surface area contributed by atoms with Crippen molar-refractivity contribution in [1.29, 1.82) is 0 Å². The number of furan rings is 1. The molecule has 216 valence electrons. The first-order chi connectivity index (χ1) is 17.3. The number of Topliss-reactive ketones (excluding diaryl/α,β-unsaturated/α-hetero) is 1. The maximum atomic E-state index is 12.4. The first kappa shape index (κ1) is 32.6. The van der Waals surface area contributed by atoms with Crippen LogP contribution in [0, 0.1) is 28.6 Å². The molecule has 38 heavy (non-hydrogen) atoms. The molecule has 0 bridgehead atoms. The van der Waals surface area contributed by atoms with Crippen molar-refractivity contribution < 1.29 is 9.21 Å². The van der Waals surface area contributed by atoms with Crippen molar-refractivity contribution in [3.05, 3.63) is 29.2 Å². The lowest BCUT2D eigenvalue weighted by molar-refractivity contribution is 0.0913. The number of carbonyl (C=O) groups excluding carboxylic acids is 1. The van der Waals surface area contributed by atoms with Crippen molar-refractivity contribution in [2.45, 2.75) is 146 Å². The topological polar surface area (TPSA) is 43.1 Å². The summed E-state index contributed by atoms with van der Waals surface area (Å²) in [6.45, 7) is 29.2. The zero-order chi connectivity index (χ0) is 29.1. The fourth-order valence-electron chi connectivity index (χ4n) is 5.74. The van der Waals surface area contributed by atoms with Gasteiger partial charge in [-0.1, -0.05) is 103 Å². The highest BCUT2D eigenvalue weighted by Crippen LogP contribution is 2.43. The molecule has 0 aromatic carbocycles. The Morgan fingerprint density at radius 2 is 1.61 bits per heavy atom. The first-order valence-electron chi connectivity index (χ1n) is 15.3. The van der Waals surface area contributed by atoms with Crippen molar-refractivity contribution in [2.24, 2.45) is 28.6 Å². The van der Waals surface area contributed by atoms with E-state index in [2.05, 4.69) is 82.2 Å². The average Bonchev–Trinajstić information content (AvgIpc) is 3.20. The number of rotatable bonds is 7. The van der Waals surface area contributed by atoms with E-state index in [9.17, 15) is 4.79 Å². The minimum Gasteiger partial charge on any atom is -0.451 e.